The zero-order chi connectivity index (χ0) is 16.8. The fourth-order valence-electron chi connectivity index (χ4n) is 2.92. The van der Waals surface area contributed by atoms with Gasteiger partial charge in [-0.1, -0.05) is 38.5 Å². The van der Waals surface area contributed by atoms with Crippen LogP contribution in [0.4, 0.5) is 0 Å². The van der Waals surface area contributed by atoms with Crippen LogP contribution < -0.4 is 11.1 Å². The minimum absolute atomic E-state index is 0.0135. The Morgan fingerprint density at radius 1 is 1.35 bits per heavy atom. The Balaban J connectivity index is 2.08. The Morgan fingerprint density at radius 3 is 2.61 bits per heavy atom. The summed E-state index contributed by atoms with van der Waals surface area (Å²) in [6.45, 7) is 6.07. The highest BCUT2D eigenvalue weighted by Gasteiger charge is 2.33. The van der Waals surface area contributed by atoms with Crippen LogP contribution in [-0.2, 0) is 4.79 Å². The third kappa shape index (κ3) is 4.32. The first-order valence-electron chi connectivity index (χ1n) is 8.41. The summed E-state index contributed by atoms with van der Waals surface area (Å²) in [6, 6.07) is 8.54. The molecule has 23 heavy (non-hydrogen) atoms. The predicted octanol–water partition coefficient (Wildman–Crippen LogP) is 1.64. The third-order valence-corrected chi connectivity index (χ3v) is 4.73. The van der Waals surface area contributed by atoms with Crippen LogP contribution in [0.15, 0.2) is 30.3 Å². The van der Waals surface area contributed by atoms with Crippen LogP contribution in [-0.4, -0.2) is 42.4 Å². The molecule has 1 aliphatic heterocycles. The normalized spacial score (nSPS) is 20.1. The molecule has 0 aliphatic carbocycles. The molecule has 1 fully saturated rings. The van der Waals surface area contributed by atoms with Gasteiger partial charge in [0, 0.05) is 18.7 Å². The minimum atomic E-state index is -0.482. The molecule has 0 radical (unpaired) electrons. The number of nitrogens with one attached hydrogen (secondary N) is 1. The highest BCUT2D eigenvalue weighted by atomic mass is 16.2. The molecule has 1 heterocycles. The summed E-state index contributed by atoms with van der Waals surface area (Å²) < 4.78 is 0. The van der Waals surface area contributed by atoms with E-state index in [-0.39, 0.29) is 17.7 Å². The van der Waals surface area contributed by atoms with E-state index in [0.717, 1.165) is 19.4 Å². The number of nitrogens with zero attached hydrogens (tertiary/aromatic N) is 1. The number of likely N-dealkylation sites (tertiary alicyclic amines) is 1. The largest absolute Gasteiger partial charge is 0.341 e. The SMILES string of the molecule is CCC(C)C(NC(=O)c1ccccc1)C(=O)N1CCC(CN)C1. The second-order valence-electron chi connectivity index (χ2n) is 6.38. The van der Waals surface area contributed by atoms with Crippen molar-refractivity contribution >= 4 is 11.8 Å². The van der Waals surface area contributed by atoms with Crippen molar-refractivity contribution in [3.8, 4) is 0 Å². The van der Waals surface area contributed by atoms with E-state index in [0.29, 0.717) is 24.6 Å². The van der Waals surface area contributed by atoms with Gasteiger partial charge >= 0.3 is 0 Å². The van der Waals surface area contributed by atoms with Gasteiger partial charge in [-0.25, -0.2) is 0 Å². The third-order valence-electron chi connectivity index (χ3n) is 4.73. The molecule has 5 heteroatoms. The first-order chi connectivity index (χ1) is 11.1. The lowest BCUT2D eigenvalue weighted by molar-refractivity contribution is -0.133. The van der Waals surface area contributed by atoms with E-state index in [1.165, 1.54) is 0 Å². The Labute approximate surface area is 138 Å². The van der Waals surface area contributed by atoms with Crippen LogP contribution in [0.2, 0.25) is 0 Å². The number of hydrogen-bond donors (Lipinski definition) is 2. The van der Waals surface area contributed by atoms with Crippen molar-refractivity contribution < 1.29 is 9.59 Å². The molecule has 0 spiro atoms. The van der Waals surface area contributed by atoms with E-state index in [9.17, 15) is 9.59 Å². The molecule has 126 valence electrons. The molecule has 3 atom stereocenters. The quantitative estimate of drug-likeness (QED) is 0.837. The summed E-state index contributed by atoms with van der Waals surface area (Å²) in [6.07, 6.45) is 1.78. The fraction of sp³-hybridized carbons (Fsp3) is 0.556. The molecular weight excluding hydrogens is 290 g/mol. The topological polar surface area (TPSA) is 75.4 Å². The minimum Gasteiger partial charge on any atom is -0.341 e. The van der Waals surface area contributed by atoms with Gasteiger partial charge in [0.05, 0.1) is 0 Å². The maximum Gasteiger partial charge on any atom is 0.251 e. The van der Waals surface area contributed by atoms with Crippen LogP contribution >= 0.6 is 0 Å². The van der Waals surface area contributed by atoms with Crippen molar-refractivity contribution in [3.05, 3.63) is 35.9 Å². The van der Waals surface area contributed by atoms with E-state index in [1.807, 2.05) is 36.9 Å². The summed E-state index contributed by atoms with van der Waals surface area (Å²) in [5, 5.41) is 2.93. The molecular formula is C18H27N3O2. The van der Waals surface area contributed by atoms with Gasteiger partial charge in [0.15, 0.2) is 0 Å². The van der Waals surface area contributed by atoms with Crippen molar-refractivity contribution in [3.63, 3.8) is 0 Å². The molecule has 1 aliphatic rings. The number of benzene rings is 1. The van der Waals surface area contributed by atoms with Gasteiger partial charge in [-0.05, 0) is 36.9 Å². The second-order valence-corrected chi connectivity index (χ2v) is 6.38. The highest BCUT2D eigenvalue weighted by molar-refractivity contribution is 5.97. The van der Waals surface area contributed by atoms with E-state index >= 15 is 0 Å². The molecule has 0 bridgehead atoms. The number of carbonyl (C=O) groups is 2. The van der Waals surface area contributed by atoms with Gasteiger partial charge in [0.1, 0.15) is 6.04 Å². The Morgan fingerprint density at radius 2 is 2.04 bits per heavy atom. The Bertz CT molecular complexity index is 532. The van der Waals surface area contributed by atoms with Crippen LogP contribution in [0, 0.1) is 11.8 Å². The molecule has 1 aromatic rings. The summed E-state index contributed by atoms with van der Waals surface area (Å²) >= 11 is 0. The van der Waals surface area contributed by atoms with Crippen LogP contribution in [0.5, 0.6) is 0 Å². The zero-order valence-corrected chi connectivity index (χ0v) is 14.0. The van der Waals surface area contributed by atoms with Crippen LogP contribution in [0.1, 0.15) is 37.0 Å². The van der Waals surface area contributed by atoms with Gasteiger partial charge in [0.25, 0.3) is 5.91 Å². The van der Waals surface area contributed by atoms with Crippen LogP contribution in [0.3, 0.4) is 0 Å². The number of rotatable bonds is 6. The standard InChI is InChI=1S/C18H27N3O2/c1-3-13(2)16(18(23)21-10-9-14(11-19)12-21)20-17(22)15-7-5-4-6-8-15/h4-8,13-14,16H,3,9-12,19H2,1-2H3,(H,20,22). The Kier molecular flexibility index (Phi) is 6.16. The number of carbonyl (C=O) groups excluding carboxylic acids is 2. The monoisotopic (exact) mass is 317 g/mol. The first kappa shape index (κ1) is 17.5. The maximum atomic E-state index is 12.8. The smallest absolute Gasteiger partial charge is 0.251 e. The zero-order valence-electron chi connectivity index (χ0n) is 14.0. The summed E-state index contributed by atoms with van der Waals surface area (Å²) in [5.74, 6) is 0.284. The number of amides is 2. The van der Waals surface area contributed by atoms with Crippen molar-refractivity contribution in [2.75, 3.05) is 19.6 Å². The van der Waals surface area contributed by atoms with Crippen molar-refractivity contribution in [2.24, 2.45) is 17.6 Å². The van der Waals surface area contributed by atoms with E-state index in [2.05, 4.69) is 5.32 Å². The second kappa shape index (κ2) is 8.11. The average Bonchev–Trinajstić information content (AvgIpc) is 3.08. The van der Waals surface area contributed by atoms with Gasteiger partial charge < -0.3 is 16.0 Å². The van der Waals surface area contributed by atoms with Gasteiger partial charge in [-0.3, -0.25) is 9.59 Å². The molecule has 1 saturated heterocycles. The molecule has 5 nitrogen and oxygen atoms in total. The Hall–Kier alpha value is -1.88. The lowest BCUT2D eigenvalue weighted by atomic mass is 9.97. The first-order valence-corrected chi connectivity index (χ1v) is 8.41. The molecule has 1 aromatic carbocycles. The molecule has 0 saturated carbocycles. The van der Waals surface area contributed by atoms with Gasteiger partial charge in [0.2, 0.25) is 5.91 Å². The highest BCUT2D eigenvalue weighted by Crippen LogP contribution is 2.19. The molecule has 3 unspecified atom stereocenters. The van der Waals surface area contributed by atoms with Gasteiger partial charge in [-0.2, -0.15) is 0 Å². The van der Waals surface area contributed by atoms with Crippen molar-refractivity contribution in [1.29, 1.82) is 0 Å². The molecule has 0 aromatic heterocycles. The maximum absolute atomic E-state index is 12.8. The van der Waals surface area contributed by atoms with Gasteiger partial charge in [-0.15, -0.1) is 0 Å². The lowest BCUT2D eigenvalue weighted by Gasteiger charge is -2.28. The summed E-state index contributed by atoms with van der Waals surface area (Å²) in [5.41, 5.74) is 6.29. The number of nitrogens with two attached hydrogens (primary N) is 1. The molecule has 2 amide bonds. The summed E-state index contributed by atoms with van der Waals surface area (Å²) in [4.78, 5) is 27.1. The number of hydrogen-bond acceptors (Lipinski definition) is 3. The van der Waals surface area contributed by atoms with E-state index in [1.54, 1.807) is 12.1 Å². The fourth-order valence-corrected chi connectivity index (χ4v) is 2.92. The molecule has 2 rings (SSSR count). The van der Waals surface area contributed by atoms with Crippen molar-refractivity contribution in [2.45, 2.75) is 32.7 Å². The van der Waals surface area contributed by atoms with E-state index in [4.69, 9.17) is 5.73 Å². The lowest BCUT2D eigenvalue weighted by Crippen LogP contribution is -2.51. The van der Waals surface area contributed by atoms with Crippen molar-refractivity contribution in [1.82, 2.24) is 10.2 Å². The van der Waals surface area contributed by atoms with Crippen LogP contribution in [0.25, 0.3) is 0 Å². The van der Waals surface area contributed by atoms with E-state index < -0.39 is 6.04 Å². The predicted molar refractivity (Wildman–Crippen MR) is 90.9 cm³/mol. The summed E-state index contributed by atoms with van der Waals surface area (Å²) in [7, 11) is 0. The molecule has 3 N–H and O–H groups in total. The average molecular weight is 317 g/mol.